The number of amides is 1. The van der Waals surface area contributed by atoms with Gasteiger partial charge in [-0.3, -0.25) is 4.79 Å². The van der Waals surface area contributed by atoms with Gasteiger partial charge < -0.3 is 19.9 Å². The van der Waals surface area contributed by atoms with Crippen LogP contribution in [0.1, 0.15) is 12.5 Å². The molecule has 1 N–H and O–H groups in total. The fourth-order valence-corrected chi connectivity index (χ4v) is 2.97. The fraction of sp³-hybridized carbons (Fsp3) is 0.400. The normalized spacial score (nSPS) is 14.8. The van der Waals surface area contributed by atoms with Crippen LogP contribution in [-0.4, -0.2) is 55.1 Å². The predicted molar refractivity (Wildman–Crippen MR) is 102 cm³/mol. The average molecular weight is 372 g/mol. The zero-order valence-corrected chi connectivity index (χ0v) is 15.5. The van der Waals surface area contributed by atoms with Crippen LogP contribution in [0.3, 0.4) is 0 Å². The number of pyridine rings is 1. The van der Waals surface area contributed by atoms with Crippen LogP contribution in [0.2, 0.25) is 0 Å². The minimum absolute atomic E-state index is 0.109. The van der Waals surface area contributed by atoms with Gasteiger partial charge in [0.05, 0.1) is 0 Å². The number of ether oxygens (including phenoxy) is 1. The first kappa shape index (κ1) is 19.1. The van der Waals surface area contributed by atoms with Crippen molar-refractivity contribution in [3.63, 3.8) is 0 Å². The van der Waals surface area contributed by atoms with E-state index in [4.69, 9.17) is 4.74 Å². The molecule has 1 aliphatic rings. The molecule has 0 atom stereocenters. The van der Waals surface area contributed by atoms with Crippen molar-refractivity contribution in [1.29, 1.82) is 0 Å². The van der Waals surface area contributed by atoms with Gasteiger partial charge >= 0.3 is 0 Å². The molecule has 3 rings (SSSR count). The molecular formula is C20H25FN4O2. The smallest absolute Gasteiger partial charge is 0.258 e. The van der Waals surface area contributed by atoms with Gasteiger partial charge in [0.1, 0.15) is 17.4 Å². The maximum atomic E-state index is 12.9. The van der Waals surface area contributed by atoms with Crippen molar-refractivity contribution in [2.24, 2.45) is 0 Å². The molecule has 2 heterocycles. The standard InChI is InChI=1S/C20H25FN4O2/c1-2-24-9-11-25(12-10-24)19-13-16(7-8-22-19)14-23-20(26)15-27-18-5-3-17(21)4-6-18/h3-8,13H,2,9-12,14-15H2,1H3,(H,23,26). The fourth-order valence-electron chi connectivity index (χ4n) is 2.97. The van der Waals surface area contributed by atoms with Crippen LogP contribution in [0, 0.1) is 5.82 Å². The molecule has 1 saturated heterocycles. The lowest BCUT2D eigenvalue weighted by Crippen LogP contribution is -2.46. The van der Waals surface area contributed by atoms with Crippen molar-refractivity contribution in [2.45, 2.75) is 13.5 Å². The Morgan fingerprint density at radius 3 is 2.63 bits per heavy atom. The van der Waals surface area contributed by atoms with Gasteiger partial charge in [0.25, 0.3) is 5.91 Å². The third kappa shape index (κ3) is 5.65. The minimum atomic E-state index is -0.337. The molecular weight excluding hydrogens is 347 g/mol. The molecule has 0 saturated carbocycles. The van der Waals surface area contributed by atoms with Gasteiger partial charge in [-0.2, -0.15) is 0 Å². The first-order chi connectivity index (χ1) is 13.1. The molecule has 27 heavy (non-hydrogen) atoms. The van der Waals surface area contributed by atoms with Crippen molar-refractivity contribution in [2.75, 3.05) is 44.2 Å². The highest BCUT2D eigenvalue weighted by molar-refractivity contribution is 5.77. The third-order valence-corrected chi connectivity index (χ3v) is 4.63. The van der Waals surface area contributed by atoms with Crippen molar-refractivity contribution < 1.29 is 13.9 Å². The maximum Gasteiger partial charge on any atom is 0.258 e. The molecule has 7 heteroatoms. The molecule has 0 bridgehead atoms. The monoisotopic (exact) mass is 372 g/mol. The third-order valence-electron chi connectivity index (χ3n) is 4.63. The average Bonchev–Trinajstić information content (AvgIpc) is 2.72. The number of nitrogens with one attached hydrogen (secondary N) is 1. The summed E-state index contributed by atoms with van der Waals surface area (Å²) in [6, 6.07) is 9.50. The molecule has 0 aliphatic carbocycles. The quantitative estimate of drug-likeness (QED) is 0.806. The van der Waals surface area contributed by atoms with Crippen molar-refractivity contribution in [1.82, 2.24) is 15.2 Å². The van der Waals surface area contributed by atoms with E-state index in [0.29, 0.717) is 12.3 Å². The lowest BCUT2D eigenvalue weighted by Gasteiger charge is -2.34. The van der Waals surface area contributed by atoms with E-state index in [1.165, 1.54) is 24.3 Å². The van der Waals surface area contributed by atoms with Crippen LogP contribution in [0.25, 0.3) is 0 Å². The molecule has 1 aromatic heterocycles. The Hall–Kier alpha value is -2.67. The summed E-state index contributed by atoms with van der Waals surface area (Å²) in [5.74, 6) is 0.842. The van der Waals surface area contributed by atoms with Gasteiger partial charge in [-0.1, -0.05) is 6.92 Å². The predicted octanol–water partition coefficient (Wildman–Crippen LogP) is 2.06. The second kappa shape index (κ2) is 9.32. The number of anilines is 1. The number of hydrogen-bond donors (Lipinski definition) is 1. The number of benzene rings is 1. The molecule has 1 aromatic carbocycles. The largest absolute Gasteiger partial charge is 0.484 e. The van der Waals surface area contributed by atoms with Gasteiger partial charge in [0, 0.05) is 38.9 Å². The molecule has 0 spiro atoms. The van der Waals surface area contributed by atoms with Gasteiger partial charge in [-0.05, 0) is 48.5 Å². The zero-order chi connectivity index (χ0) is 19.1. The summed E-state index contributed by atoms with van der Waals surface area (Å²) < 4.78 is 18.2. The lowest BCUT2D eigenvalue weighted by molar-refractivity contribution is -0.123. The summed E-state index contributed by atoms with van der Waals surface area (Å²) in [6.07, 6.45) is 1.78. The number of aromatic nitrogens is 1. The Morgan fingerprint density at radius 2 is 1.93 bits per heavy atom. The number of carbonyl (C=O) groups excluding carboxylic acids is 1. The first-order valence-corrected chi connectivity index (χ1v) is 9.21. The minimum Gasteiger partial charge on any atom is -0.484 e. The first-order valence-electron chi connectivity index (χ1n) is 9.21. The Labute approximate surface area is 158 Å². The summed E-state index contributed by atoms with van der Waals surface area (Å²) in [4.78, 5) is 21.1. The molecule has 0 radical (unpaired) electrons. The zero-order valence-electron chi connectivity index (χ0n) is 15.5. The van der Waals surface area contributed by atoms with Gasteiger partial charge in [0.15, 0.2) is 6.61 Å². The number of rotatable bonds is 7. The highest BCUT2D eigenvalue weighted by Gasteiger charge is 2.16. The van der Waals surface area contributed by atoms with E-state index in [2.05, 4.69) is 27.0 Å². The number of carbonyl (C=O) groups is 1. The SMILES string of the molecule is CCN1CCN(c2cc(CNC(=O)COc3ccc(F)cc3)ccn2)CC1. The Kier molecular flexibility index (Phi) is 6.59. The number of nitrogens with zero attached hydrogens (tertiary/aromatic N) is 3. The second-order valence-electron chi connectivity index (χ2n) is 6.46. The van der Waals surface area contributed by atoms with Crippen molar-refractivity contribution in [3.8, 4) is 5.75 Å². The Morgan fingerprint density at radius 1 is 1.19 bits per heavy atom. The topological polar surface area (TPSA) is 57.7 Å². The van der Waals surface area contributed by atoms with E-state index < -0.39 is 0 Å². The molecule has 2 aromatic rings. The highest BCUT2D eigenvalue weighted by atomic mass is 19.1. The Bertz CT molecular complexity index is 746. The van der Waals surface area contributed by atoms with E-state index in [1.807, 2.05) is 12.1 Å². The molecule has 1 fully saturated rings. The van der Waals surface area contributed by atoms with Crippen molar-refractivity contribution in [3.05, 3.63) is 54.0 Å². The summed E-state index contributed by atoms with van der Waals surface area (Å²) in [5.41, 5.74) is 0.994. The van der Waals surface area contributed by atoms with Crippen LogP contribution in [0.5, 0.6) is 5.75 Å². The summed E-state index contributed by atoms with van der Waals surface area (Å²) in [6.45, 7) is 7.56. The summed E-state index contributed by atoms with van der Waals surface area (Å²) >= 11 is 0. The van der Waals surface area contributed by atoms with E-state index in [-0.39, 0.29) is 18.3 Å². The van der Waals surface area contributed by atoms with E-state index in [9.17, 15) is 9.18 Å². The van der Waals surface area contributed by atoms with Gasteiger partial charge in [-0.25, -0.2) is 9.37 Å². The van der Waals surface area contributed by atoms with E-state index >= 15 is 0 Å². The van der Waals surface area contributed by atoms with Gasteiger partial charge in [0.2, 0.25) is 0 Å². The van der Waals surface area contributed by atoms with E-state index in [0.717, 1.165) is 44.1 Å². The molecule has 1 amide bonds. The number of piperazine rings is 1. The highest BCUT2D eigenvalue weighted by Crippen LogP contribution is 2.15. The van der Waals surface area contributed by atoms with Crippen LogP contribution < -0.4 is 15.0 Å². The van der Waals surface area contributed by atoms with Crippen LogP contribution in [0.4, 0.5) is 10.2 Å². The van der Waals surface area contributed by atoms with Crippen molar-refractivity contribution >= 4 is 11.7 Å². The molecule has 6 nitrogen and oxygen atoms in total. The van der Waals surface area contributed by atoms with Crippen LogP contribution in [0.15, 0.2) is 42.6 Å². The van der Waals surface area contributed by atoms with Gasteiger partial charge in [-0.15, -0.1) is 0 Å². The van der Waals surface area contributed by atoms with Crippen LogP contribution >= 0.6 is 0 Å². The summed E-state index contributed by atoms with van der Waals surface area (Å²) in [5, 5.41) is 2.83. The lowest BCUT2D eigenvalue weighted by atomic mass is 10.2. The maximum absolute atomic E-state index is 12.9. The van der Waals surface area contributed by atoms with E-state index in [1.54, 1.807) is 6.20 Å². The Balaban J connectivity index is 1.46. The second-order valence-corrected chi connectivity index (χ2v) is 6.46. The molecule has 144 valence electrons. The molecule has 1 aliphatic heterocycles. The summed E-state index contributed by atoms with van der Waals surface area (Å²) in [7, 11) is 0. The number of likely N-dealkylation sites (N-methyl/N-ethyl adjacent to an activating group) is 1. The number of hydrogen-bond acceptors (Lipinski definition) is 5. The number of halogens is 1. The van der Waals surface area contributed by atoms with Crippen LogP contribution in [-0.2, 0) is 11.3 Å². The molecule has 0 unspecified atom stereocenters.